The van der Waals surface area contributed by atoms with Crippen LogP contribution in [0.3, 0.4) is 0 Å². The molecule has 1 aliphatic rings. The molecular weight excluding hydrogens is 357 g/mol. The van der Waals surface area contributed by atoms with Crippen molar-refractivity contribution in [3.8, 4) is 0 Å². The van der Waals surface area contributed by atoms with Gasteiger partial charge in [0, 0.05) is 24.8 Å². The van der Waals surface area contributed by atoms with Gasteiger partial charge in [0.15, 0.2) is 5.82 Å². The summed E-state index contributed by atoms with van der Waals surface area (Å²) in [5, 5.41) is 3.83. The fourth-order valence-corrected chi connectivity index (χ4v) is 3.51. The van der Waals surface area contributed by atoms with Gasteiger partial charge in [-0.05, 0) is 37.5 Å². The van der Waals surface area contributed by atoms with Crippen molar-refractivity contribution in [2.45, 2.75) is 31.0 Å². The van der Waals surface area contributed by atoms with Crippen LogP contribution in [0.2, 0.25) is 0 Å². The largest absolute Gasteiger partial charge is 0.433 e. The van der Waals surface area contributed by atoms with Crippen molar-refractivity contribution < 1.29 is 18.0 Å². The molecule has 0 radical (unpaired) electrons. The predicted molar refractivity (Wildman–Crippen MR) is 92.9 cm³/mol. The van der Waals surface area contributed by atoms with Crippen LogP contribution in [-0.4, -0.2) is 20.4 Å². The molecule has 1 aliphatic carbocycles. The predicted octanol–water partition coefficient (Wildman–Crippen LogP) is 3.80. The first-order valence-electron chi connectivity index (χ1n) is 8.57. The number of halogens is 3. The highest BCUT2D eigenvalue weighted by atomic mass is 19.4. The number of hydrogen-bond donors (Lipinski definition) is 1. The summed E-state index contributed by atoms with van der Waals surface area (Å²) in [6.07, 6.45) is 0.188. The highest BCUT2D eigenvalue weighted by Crippen LogP contribution is 2.41. The quantitative estimate of drug-likeness (QED) is 0.759. The van der Waals surface area contributed by atoms with Crippen molar-refractivity contribution in [1.82, 2.24) is 19.9 Å². The van der Waals surface area contributed by atoms with Crippen molar-refractivity contribution in [1.29, 1.82) is 0 Å². The van der Waals surface area contributed by atoms with Crippen LogP contribution in [0.5, 0.6) is 0 Å². The van der Waals surface area contributed by atoms with Crippen molar-refractivity contribution in [3.05, 3.63) is 59.8 Å². The molecule has 27 heavy (non-hydrogen) atoms. The summed E-state index contributed by atoms with van der Waals surface area (Å²) in [5.74, 6) is -0.334. The molecule has 5 nitrogen and oxygen atoms in total. The summed E-state index contributed by atoms with van der Waals surface area (Å²) in [5.41, 5.74) is -0.726. The zero-order valence-corrected chi connectivity index (χ0v) is 14.5. The number of alkyl halides is 3. The lowest BCUT2D eigenvalue weighted by atomic mass is 9.75. The van der Waals surface area contributed by atoms with Gasteiger partial charge in [-0.25, -0.2) is 9.97 Å². The molecule has 1 saturated carbocycles. The number of carbonyl (C=O) groups is 1. The second kappa shape index (κ2) is 6.07. The SMILES string of the molecule is Cn1ccc2cccc(C(=O)NC3(c4nccc(C(F)(F)F)n4)CCC3)c21. The molecule has 3 aromatic rings. The normalized spacial score (nSPS) is 16.1. The molecule has 1 fully saturated rings. The average Bonchev–Trinajstić information content (AvgIpc) is 2.99. The number of aromatic nitrogens is 3. The zero-order chi connectivity index (χ0) is 19.2. The van der Waals surface area contributed by atoms with Gasteiger partial charge < -0.3 is 9.88 Å². The Balaban J connectivity index is 1.70. The van der Waals surface area contributed by atoms with Crippen molar-refractivity contribution in [3.63, 3.8) is 0 Å². The van der Waals surface area contributed by atoms with Gasteiger partial charge in [-0.3, -0.25) is 4.79 Å². The minimum Gasteiger partial charge on any atom is -0.350 e. The van der Waals surface area contributed by atoms with Crippen LogP contribution < -0.4 is 5.32 Å². The minimum absolute atomic E-state index is 0.0102. The minimum atomic E-state index is -4.55. The standard InChI is InChI=1S/C19H17F3N4O/c1-26-11-7-12-4-2-5-13(15(12)26)16(27)25-18(8-3-9-18)17-23-10-6-14(24-17)19(20,21)22/h2,4-7,10-11H,3,8-9H2,1H3,(H,25,27). The fourth-order valence-electron chi connectivity index (χ4n) is 3.51. The van der Waals surface area contributed by atoms with E-state index in [0.717, 1.165) is 29.6 Å². The van der Waals surface area contributed by atoms with Crippen LogP contribution in [0.4, 0.5) is 13.2 Å². The number of benzene rings is 1. The number of para-hydroxylation sites is 1. The van der Waals surface area contributed by atoms with Gasteiger partial charge in [-0.15, -0.1) is 0 Å². The maximum Gasteiger partial charge on any atom is 0.433 e. The Labute approximate surface area is 153 Å². The van der Waals surface area contributed by atoms with Gasteiger partial charge >= 0.3 is 6.18 Å². The van der Waals surface area contributed by atoms with E-state index in [4.69, 9.17) is 0 Å². The van der Waals surface area contributed by atoms with Crippen LogP contribution in [0.1, 0.15) is 41.1 Å². The Morgan fingerprint density at radius 1 is 1.22 bits per heavy atom. The van der Waals surface area contributed by atoms with Crippen LogP contribution >= 0.6 is 0 Å². The van der Waals surface area contributed by atoms with E-state index in [1.807, 2.05) is 29.9 Å². The Morgan fingerprint density at radius 3 is 2.67 bits per heavy atom. The molecule has 0 unspecified atom stereocenters. The number of amides is 1. The highest BCUT2D eigenvalue weighted by Gasteiger charge is 2.44. The summed E-state index contributed by atoms with van der Waals surface area (Å²) in [7, 11) is 1.84. The molecule has 1 aromatic carbocycles. The van der Waals surface area contributed by atoms with E-state index in [1.165, 1.54) is 0 Å². The van der Waals surface area contributed by atoms with E-state index in [9.17, 15) is 18.0 Å². The van der Waals surface area contributed by atoms with Crippen molar-refractivity contribution in [2.24, 2.45) is 7.05 Å². The van der Waals surface area contributed by atoms with E-state index in [-0.39, 0.29) is 11.7 Å². The topological polar surface area (TPSA) is 59.8 Å². The fraction of sp³-hybridized carbons (Fsp3) is 0.316. The molecule has 4 rings (SSSR count). The third kappa shape index (κ3) is 2.94. The van der Waals surface area contributed by atoms with Gasteiger partial charge in [-0.1, -0.05) is 12.1 Å². The molecule has 0 spiro atoms. The second-order valence-corrected chi connectivity index (χ2v) is 6.82. The molecule has 0 aliphatic heterocycles. The maximum absolute atomic E-state index is 13.0. The Kier molecular flexibility index (Phi) is 3.94. The molecule has 2 heterocycles. The molecular formula is C19H17F3N4O. The first-order chi connectivity index (χ1) is 12.8. The lowest BCUT2D eigenvalue weighted by Gasteiger charge is -2.41. The van der Waals surface area contributed by atoms with Gasteiger partial charge in [0.1, 0.15) is 11.2 Å². The summed E-state index contributed by atoms with van der Waals surface area (Å²) in [6, 6.07) is 8.13. The van der Waals surface area contributed by atoms with Crippen LogP contribution in [0.25, 0.3) is 10.9 Å². The van der Waals surface area contributed by atoms with Gasteiger partial charge in [0.05, 0.1) is 11.1 Å². The molecule has 2 aromatic heterocycles. The summed E-state index contributed by atoms with van der Waals surface area (Å²) < 4.78 is 40.9. The van der Waals surface area contributed by atoms with E-state index in [1.54, 1.807) is 12.1 Å². The second-order valence-electron chi connectivity index (χ2n) is 6.82. The van der Waals surface area contributed by atoms with Crippen LogP contribution in [0.15, 0.2) is 42.7 Å². The van der Waals surface area contributed by atoms with Gasteiger partial charge in [0.2, 0.25) is 0 Å². The van der Waals surface area contributed by atoms with E-state index >= 15 is 0 Å². The lowest BCUT2D eigenvalue weighted by Crippen LogP contribution is -2.52. The molecule has 1 amide bonds. The van der Waals surface area contributed by atoms with Gasteiger partial charge in [-0.2, -0.15) is 13.2 Å². The third-order valence-electron chi connectivity index (χ3n) is 5.08. The number of fused-ring (bicyclic) bond motifs is 1. The number of nitrogens with zero attached hydrogens (tertiary/aromatic N) is 3. The molecule has 1 N–H and O–H groups in total. The molecule has 0 atom stereocenters. The maximum atomic E-state index is 13.0. The Hall–Kier alpha value is -2.90. The summed E-state index contributed by atoms with van der Waals surface area (Å²) >= 11 is 0. The first kappa shape index (κ1) is 17.5. The number of nitrogens with one attached hydrogen (secondary N) is 1. The third-order valence-corrected chi connectivity index (χ3v) is 5.08. The van der Waals surface area contributed by atoms with E-state index in [2.05, 4.69) is 15.3 Å². The van der Waals surface area contributed by atoms with Crippen LogP contribution in [0, 0.1) is 0 Å². The summed E-state index contributed by atoms with van der Waals surface area (Å²) in [6.45, 7) is 0. The lowest BCUT2D eigenvalue weighted by molar-refractivity contribution is -0.141. The molecule has 8 heteroatoms. The first-order valence-corrected chi connectivity index (χ1v) is 8.57. The van der Waals surface area contributed by atoms with Crippen LogP contribution in [-0.2, 0) is 18.8 Å². The monoisotopic (exact) mass is 374 g/mol. The highest BCUT2D eigenvalue weighted by molar-refractivity contribution is 6.06. The molecule has 0 bridgehead atoms. The number of carbonyl (C=O) groups excluding carboxylic acids is 1. The van der Waals surface area contributed by atoms with Gasteiger partial charge in [0.25, 0.3) is 5.91 Å². The zero-order valence-electron chi connectivity index (χ0n) is 14.5. The Bertz CT molecular complexity index is 1020. The number of hydrogen-bond acceptors (Lipinski definition) is 3. The van der Waals surface area contributed by atoms with E-state index < -0.39 is 17.4 Å². The van der Waals surface area contributed by atoms with Crippen molar-refractivity contribution in [2.75, 3.05) is 0 Å². The van der Waals surface area contributed by atoms with E-state index in [0.29, 0.717) is 18.4 Å². The average molecular weight is 374 g/mol. The summed E-state index contributed by atoms with van der Waals surface area (Å²) in [4.78, 5) is 20.7. The molecule has 0 saturated heterocycles. The number of aryl methyl sites for hydroxylation is 1. The Morgan fingerprint density at radius 2 is 2.00 bits per heavy atom. The smallest absolute Gasteiger partial charge is 0.350 e. The van der Waals surface area contributed by atoms with Crippen molar-refractivity contribution >= 4 is 16.8 Å². The molecule has 140 valence electrons. The number of rotatable bonds is 3.